The van der Waals surface area contributed by atoms with Gasteiger partial charge in [0.2, 0.25) is 5.91 Å². The Morgan fingerprint density at radius 2 is 2.04 bits per heavy atom. The summed E-state index contributed by atoms with van der Waals surface area (Å²) in [7, 11) is 1.67. The number of anilines is 1. The van der Waals surface area contributed by atoms with Crippen LogP contribution in [0.1, 0.15) is 12.8 Å². The summed E-state index contributed by atoms with van der Waals surface area (Å²) in [5.41, 5.74) is 1.05. The maximum atomic E-state index is 13.6. The fraction of sp³-hybridized carbons (Fsp3) is 0.350. The van der Waals surface area contributed by atoms with Gasteiger partial charge in [0.25, 0.3) is 0 Å². The van der Waals surface area contributed by atoms with Gasteiger partial charge in [-0.3, -0.25) is 4.79 Å². The van der Waals surface area contributed by atoms with Gasteiger partial charge < -0.3 is 15.0 Å². The molecule has 1 fully saturated rings. The highest BCUT2D eigenvalue weighted by atomic mass is 32.2. The number of para-hydroxylation sites is 2. The topological polar surface area (TPSA) is 41.6 Å². The predicted molar refractivity (Wildman–Crippen MR) is 103 cm³/mol. The van der Waals surface area contributed by atoms with Crippen molar-refractivity contribution >= 4 is 23.4 Å². The van der Waals surface area contributed by atoms with Crippen LogP contribution in [0.25, 0.3) is 0 Å². The second-order valence-corrected chi connectivity index (χ2v) is 7.26. The van der Waals surface area contributed by atoms with Crippen LogP contribution in [0.2, 0.25) is 0 Å². The lowest BCUT2D eigenvalue weighted by molar-refractivity contribution is -0.119. The standard InChI is InChI=1S/C20H23FN2O2S/c1-25-18-10-4-3-9-17(18)23-12-6-7-15(13-23)22-20(24)14-26-19-11-5-2-8-16(19)21/h2-5,8-11,15H,6-7,12-14H2,1H3,(H,22,24). The highest BCUT2D eigenvalue weighted by Crippen LogP contribution is 2.30. The number of methoxy groups -OCH3 is 1. The van der Waals surface area contributed by atoms with Crippen LogP contribution >= 0.6 is 11.8 Å². The second-order valence-electron chi connectivity index (χ2n) is 6.24. The van der Waals surface area contributed by atoms with Crippen LogP contribution in [0.15, 0.2) is 53.4 Å². The number of halogens is 1. The van der Waals surface area contributed by atoms with Crippen LogP contribution < -0.4 is 15.0 Å². The molecule has 1 saturated heterocycles. The Labute approximate surface area is 157 Å². The fourth-order valence-electron chi connectivity index (χ4n) is 3.18. The average Bonchev–Trinajstić information content (AvgIpc) is 2.67. The first-order valence-corrected chi connectivity index (χ1v) is 9.70. The number of carbonyl (C=O) groups excluding carboxylic acids is 1. The lowest BCUT2D eigenvalue weighted by Crippen LogP contribution is -2.48. The van der Waals surface area contributed by atoms with Crippen LogP contribution in [0.3, 0.4) is 0 Å². The Morgan fingerprint density at radius 1 is 1.27 bits per heavy atom. The van der Waals surface area contributed by atoms with Gasteiger partial charge in [-0.2, -0.15) is 0 Å². The van der Waals surface area contributed by atoms with Crippen molar-refractivity contribution in [2.24, 2.45) is 0 Å². The van der Waals surface area contributed by atoms with Gasteiger partial charge in [0.05, 0.1) is 18.6 Å². The minimum absolute atomic E-state index is 0.0647. The molecule has 3 rings (SSSR count). The van der Waals surface area contributed by atoms with Crippen molar-refractivity contribution < 1.29 is 13.9 Å². The monoisotopic (exact) mass is 374 g/mol. The molecule has 1 aliphatic heterocycles. The first kappa shape index (κ1) is 18.6. The smallest absolute Gasteiger partial charge is 0.230 e. The normalized spacial score (nSPS) is 17.0. The highest BCUT2D eigenvalue weighted by Gasteiger charge is 2.23. The molecule has 0 aromatic heterocycles. The number of carbonyl (C=O) groups is 1. The van der Waals surface area contributed by atoms with Crippen molar-refractivity contribution in [3.05, 3.63) is 54.3 Å². The Balaban J connectivity index is 1.55. The Bertz CT molecular complexity index is 756. The number of hydrogen-bond acceptors (Lipinski definition) is 4. The zero-order chi connectivity index (χ0) is 18.4. The second kappa shape index (κ2) is 8.94. The van der Waals surface area contributed by atoms with Crippen LogP contribution in [0, 0.1) is 5.82 Å². The third-order valence-electron chi connectivity index (χ3n) is 4.41. The number of ether oxygens (including phenoxy) is 1. The van der Waals surface area contributed by atoms with E-state index in [1.807, 2.05) is 24.3 Å². The molecule has 0 saturated carbocycles. The van der Waals surface area contributed by atoms with Crippen LogP contribution in [-0.2, 0) is 4.79 Å². The molecular formula is C20H23FN2O2S. The number of nitrogens with zero attached hydrogens (tertiary/aromatic N) is 1. The molecule has 0 spiro atoms. The average molecular weight is 374 g/mol. The molecule has 0 bridgehead atoms. The molecule has 1 unspecified atom stereocenters. The molecule has 1 heterocycles. The summed E-state index contributed by atoms with van der Waals surface area (Å²) in [6.07, 6.45) is 1.95. The number of nitrogens with one attached hydrogen (secondary N) is 1. The van der Waals surface area contributed by atoms with Crippen LogP contribution in [-0.4, -0.2) is 37.9 Å². The molecule has 4 nitrogen and oxygen atoms in total. The molecule has 26 heavy (non-hydrogen) atoms. The van der Waals surface area contributed by atoms with E-state index in [-0.39, 0.29) is 23.5 Å². The SMILES string of the molecule is COc1ccccc1N1CCCC(NC(=O)CSc2ccccc2F)C1. The van der Waals surface area contributed by atoms with Gasteiger partial charge in [-0.1, -0.05) is 24.3 Å². The largest absolute Gasteiger partial charge is 0.495 e. The summed E-state index contributed by atoms with van der Waals surface area (Å²) in [4.78, 5) is 15.0. The molecule has 1 aliphatic rings. The number of piperidine rings is 1. The molecular weight excluding hydrogens is 351 g/mol. The van der Waals surface area contributed by atoms with Gasteiger partial charge in [0, 0.05) is 24.0 Å². The van der Waals surface area contributed by atoms with E-state index in [4.69, 9.17) is 4.74 Å². The van der Waals surface area contributed by atoms with Crippen molar-refractivity contribution in [1.82, 2.24) is 5.32 Å². The molecule has 6 heteroatoms. The van der Waals surface area contributed by atoms with E-state index in [2.05, 4.69) is 10.2 Å². The first-order chi connectivity index (χ1) is 12.7. The van der Waals surface area contributed by atoms with E-state index in [9.17, 15) is 9.18 Å². The maximum absolute atomic E-state index is 13.6. The lowest BCUT2D eigenvalue weighted by Gasteiger charge is -2.35. The summed E-state index contributed by atoms with van der Waals surface area (Å²) in [6.45, 7) is 1.69. The molecule has 0 aliphatic carbocycles. The van der Waals surface area contributed by atoms with E-state index in [1.165, 1.54) is 17.8 Å². The van der Waals surface area contributed by atoms with Crippen molar-refractivity contribution in [2.45, 2.75) is 23.8 Å². The van der Waals surface area contributed by atoms with Crippen LogP contribution in [0.4, 0.5) is 10.1 Å². The molecule has 2 aromatic rings. The zero-order valence-electron chi connectivity index (χ0n) is 14.8. The molecule has 0 radical (unpaired) electrons. The van der Waals surface area contributed by atoms with Crippen molar-refractivity contribution in [2.75, 3.05) is 30.9 Å². The van der Waals surface area contributed by atoms with Gasteiger partial charge >= 0.3 is 0 Å². The fourth-order valence-corrected chi connectivity index (χ4v) is 3.93. The lowest BCUT2D eigenvalue weighted by atomic mass is 10.0. The minimum Gasteiger partial charge on any atom is -0.495 e. The molecule has 1 N–H and O–H groups in total. The molecule has 138 valence electrons. The summed E-state index contributed by atoms with van der Waals surface area (Å²) >= 11 is 1.23. The maximum Gasteiger partial charge on any atom is 0.230 e. The molecule has 2 aromatic carbocycles. The van der Waals surface area contributed by atoms with E-state index >= 15 is 0 Å². The van der Waals surface area contributed by atoms with Crippen molar-refractivity contribution in [3.63, 3.8) is 0 Å². The van der Waals surface area contributed by atoms with E-state index < -0.39 is 0 Å². The van der Waals surface area contributed by atoms with E-state index in [0.29, 0.717) is 4.90 Å². The third-order valence-corrected chi connectivity index (χ3v) is 5.46. The Morgan fingerprint density at radius 3 is 2.85 bits per heavy atom. The van der Waals surface area contributed by atoms with Crippen molar-refractivity contribution in [1.29, 1.82) is 0 Å². The van der Waals surface area contributed by atoms with Gasteiger partial charge in [-0.05, 0) is 37.1 Å². The van der Waals surface area contributed by atoms with Crippen molar-refractivity contribution in [3.8, 4) is 5.75 Å². The van der Waals surface area contributed by atoms with E-state index in [1.54, 1.807) is 25.3 Å². The summed E-state index contributed by atoms with van der Waals surface area (Å²) < 4.78 is 19.1. The number of benzene rings is 2. The number of hydrogen-bond donors (Lipinski definition) is 1. The third kappa shape index (κ3) is 4.69. The minimum atomic E-state index is -0.287. The molecule has 1 atom stereocenters. The van der Waals surface area contributed by atoms with Gasteiger partial charge in [0.15, 0.2) is 0 Å². The Kier molecular flexibility index (Phi) is 6.39. The van der Waals surface area contributed by atoms with Crippen LogP contribution in [0.5, 0.6) is 5.75 Å². The summed E-state index contributed by atoms with van der Waals surface area (Å²) in [5, 5.41) is 3.08. The van der Waals surface area contributed by atoms with Gasteiger partial charge in [-0.15, -0.1) is 11.8 Å². The number of amides is 1. The summed E-state index contributed by atoms with van der Waals surface area (Å²) in [6, 6.07) is 14.5. The molecule has 1 amide bonds. The quantitative estimate of drug-likeness (QED) is 0.783. The highest BCUT2D eigenvalue weighted by molar-refractivity contribution is 8.00. The number of thioether (sulfide) groups is 1. The van der Waals surface area contributed by atoms with Gasteiger partial charge in [0.1, 0.15) is 11.6 Å². The summed E-state index contributed by atoms with van der Waals surface area (Å²) in [5.74, 6) is 0.705. The number of rotatable bonds is 6. The zero-order valence-corrected chi connectivity index (χ0v) is 15.6. The van der Waals surface area contributed by atoms with Gasteiger partial charge in [-0.25, -0.2) is 4.39 Å². The Hall–Kier alpha value is -2.21. The predicted octanol–water partition coefficient (Wildman–Crippen LogP) is 3.71. The van der Waals surface area contributed by atoms with E-state index in [0.717, 1.165) is 37.4 Å². The first-order valence-electron chi connectivity index (χ1n) is 8.72.